The zero-order valence-corrected chi connectivity index (χ0v) is 15.5. The van der Waals surface area contributed by atoms with Crippen LogP contribution in [0.2, 0.25) is 0 Å². The zero-order chi connectivity index (χ0) is 18.7. The van der Waals surface area contributed by atoms with Crippen molar-refractivity contribution in [2.45, 2.75) is 33.7 Å². The van der Waals surface area contributed by atoms with Crippen LogP contribution in [0, 0.1) is 6.92 Å². The van der Waals surface area contributed by atoms with E-state index in [4.69, 9.17) is 9.47 Å². The van der Waals surface area contributed by atoms with Crippen LogP contribution in [0.15, 0.2) is 30.3 Å². The van der Waals surface area contributed by atoms with Crippen LogP contribution in [0.4, 0.5) is 0 Å². The van der Waals surface area contributed by atoms with Gasteiger partial charge < -0.3 is 19.5 Å². The van der Waals surface area contributed by atoms with Crippen molar-refractivity contribution in [2.75, 3.05) is 19.8 Å². The Morgan fingerprint density at radius 2 is 1.77 bits per heavy atom. The first kappa shape index (κ1) is 18.1. The van der Waals surface area contributed by atoms with Crippen molar-refractivity contribution in [1.82, 2.24) is 4.90 Å². The van der Waals surface area contributed by atoms with Crippen molar-refractivity contribution < 1.29 is 19.4 Å². The topological polar surface area (TPSA) is 59.0 Å². The number of hydrogen-bond donors (Lipinski definition) is 1. The molecule has 5 heteroatoms. The number of phenols is 1. The van der Waals surface area contributed by atoms with E-state index in [1.165, 1.54) is 5.56 Å². The number of ether oxygens (including phenoxy) is 2. The second kappa shape index (κ2) is 7.68. The van der Waals surface area contributed by atoms with Gasteiger partial charge in [-0.1, -0.05) is 12.1 Å². The third kappa shape index (κ3) is 3.47. The Hall–Kier alpha value is -2.69. The lowest BCUT2D eigenvalue weighted by Crippen LogP contribution is -2.36. The molecule has 0 aromatic heterocycles. The molecule has 0 spiro atoms. The number of carbonyl (C=O) groups excluding carboxylic acids is 1. The molecule has 1 N–H and O–H groups in total. The molecule has 138 valence electrons. The van der Waals surface area contributed by atoms with E-state index < -0.39 is 0 Å². The lowest BCUT2D eigenvalue weighted by atomic mass is 9.97. The number of hydrogen-bond acceptors (Lipinski definition) is 4. The highest BCUT2D eigenvalue weighted by molar-refractivity contribution is 5.97. The first-order valence-corrected chi connectivity index (χ1v) is 9.04. The molecule has 3 rings (SSSR count). The summed E-state index contributed by atoms with van der Waals surface area (Å²) in [7, 11) is 0. The molecule has 0 saturated heterocycles. The summed E-state index contributed by atoms with van der Waals surface area (Å²) in [4.78, 5) is 14.6. The minimum absolute atomic E-state index is 0.0602. The Morgan fingerprint density at radius 3 is 2.42 bits per heavy atom. The van der Waals surface area contributed by atoms with Crippen LogP contribution < -0.4 is 9.47 Å². The van der Waals surface area contributed by atoms with Crippen molar-refractivity contribution in [2.24, 2.45) is 0 Å². The molecule has 2 aromatic rings. The van der Waals surface area contributed by atoms with E-state index in [0.29, 0.717) is 43.2 Å². The lowest BCUT2D eigenvalue weighted by molar-refractivity contribution is 0.0731. The van der Waals surface area contributed by atoms with Gasteiger partial charge in [-0.15, -0.1) is 0 Å². The minimum Gasteiger partial charge on any atom is -0.507 e. The highest BCUT2D eigenvalue weighted by atomic mass is 16.5. The van der Waals surface area contributed by atoms with Crippen molar-refractivity contribution >= 4 is 5.91 Å². The lowest BCUT2D eigenvalue weighted by Gasteiger charge is -2.30. The third-order valence-electron chi connectivity index (χ3n) is 4.63. The number of amides is 1. The maximum atomic E-state index is 12.9. The quantitative estimate of drug-likeness (QED) is 0.888. The maximum Gasteiger partial charge on any atom is 0.257 e. The fourth-order valence-corrected chi connectivity index (χ4v) is 3.28. The second-order valence-electron chi connectivity index (χ2n) is 6.38. The van der Waals surface area contributed by atoms with E-state index in [1.54, 1.807) is 30.0 Å². The summed E-state index contributed by atoms with van der Waals surface area (Å²) in [5.41, 5.74) is 3.29. The predicted octanol–water partition coefficient (Wildman–Crippen LogP) is 3.70. The molecule has 0 fully saturated rings. The molecule has 5 nitrogen and oxygen atoms in total. The van der Waals surface area contributed by atoms with Gasteiger partial charge in [-0.2, -0.15) is 0 Å². The molecular formula is C21H25NO4. The summed E-state index contributed by atoms with van der Waals surface area (Å²) < 4.78 is 11.4. The highest BCUT2D eigenvalue weighted by Crippen LogP contribution is 2.34. The van der Waals surface area contributed by atoms with Crippen LogP contribution in [-0.2, 0) is 13.0 Å². The van der Waals surface area contributed by atoms with Gasteiger partial charge >= 0.3 is 0 Å². The number of aromatic hydroxyl groups is 1. The number of benzene rings is 2. The number of rotatable bonds is 5. The first-order valence-electron chi connectivity index (χ1n) is 9.04. The molecule has 1 aliphatic rings. The van der Waals surface area contributed by atoms with Crippen LogP contribution in [0.5, 0.6) is 17.2 Å². The summed E-state index contributed by atoms with van der Waals surface area (Å²) in [6, 6.07) is 9.25. The van der Waals surface area contributed by atoms with Crippen molar-refractivity contribution in [3.8, 4) is 17.2 Å². The van der Waals surface area contributed by atoms with Crippen LogP contribution in [0.25, 0.3) is 0 Å². The van der Waals surface area contributed by atoms with Gasteiger partial charge in [0.05, 0.1) is 18.8 Å². The highest BCUT2D eigenvalue weighted by Gasteiger charge is 2.25. The van der Waals surface area contributed by atoms with Crippen LogP contribution in [0.3, 0.4) is 0 Å². The molecule has 0 saturated carbocycles. The summed E-state index contributed by atoms with van der Waals surface area (Å²) in [6.45, 7) is 7.91. The molecule has 0 unspecified atom stereocenters. The van der Waals surface area contributed by atoms with Gasteiger partial charge in [-0.05, 0) is 62.1 Å². The number of carbonyl (C=O) groups is 1. The Labute approximate surface area is 154 Å². The van der Waals surface area contributed by atoms with E-state index in [0.717, 1.165) is 17.7 Å². The molecule has 26 heavy (non-hydrogen) atoms. The molecule has 0 atom stereocenters. The van der Waals surface area contributed by atoms with Gasteiger partial charge in [0.1, 0.15) is 5.75 Å². The molecule has 1 aliphatic heterocycles. The van der Waals surface area contributed by atoms with Gasteiger partial charge in [-0.25, -0.2) is 0 Å². The smallest absolute Gasteiger partial charge is 0.257 e. The summed E-state index contributed by atoms with van der Waals surface area (Å²) >= 11 is 0. The molecule has 0 bridgehead atoms. The second-order valence-corrected chi connectivity index (χ2v) is 6.38. The fourth-order valence-electron chi connectivity index (χ4n) is 3.28. The van der Waals surface area contributed by atoms with E-state index in [9.17, 15) is 9.90 Å². The van der Waals surface area contributed by atoms with E-state index in [1.807, 2.05) is 26.0 Å². The maximum absolute atomic E-state index is 12.9. The molecule has 0 radical (unpaired) electrons. The van der Waals surface area contributed by atoms with Crippen LogP contribution in [-0.4, -0.2) is 35.7 Å². The average Bonchev–Trinajstić information content (AvgIpc) is 2.64. The number of para-hydroxylation sites is 1. The zero-order valence-electron chi connectivity index (χ0n) is 15.5. The average molecular weight is 355 g/mol. The number of fused-ring (bicyclic) bond motifs is 1. The molecule has 2 aromatic carbocycles. The molecular weight excluding hydrogens is 330 g/mol. The Balaban J connectivity index is 1.87. The van der Waals surface area contributed by atoms with Gasteiger partial charge in [0.2, 0.25) is 0 Å². The Bertz CT molecular complexity index is 816. The van der Waals surface area contributed by atoms with Crippen molar-refractivity contribution in [3.05, 3.63) is 52.6 Å². The summed E-state index contributed by atoms with van der Waals surface area (Å²) in [6.07, 6.45) is 0.750. The van der Waals surface area contributed by atoms with Gasteiger partial charge in [-0.3, -0.25) is 4.79 Å². The fraction of sp³-hybridized carbons (Fsp3) is 0.381. The summed E-state index contributed by atoms with van der Waals surface area (Å²) in [5.74, 6) is 1.37. The molecule has 1 heterocycles. The number of aryl methyl sites for hydroxylation is 1. The Morgan fingerprint density at radius 1 is 1.12 bits per heavy atom. The molecule has 0 aliphatic carbocycles. The standard InChI is InChI=1S/C21H25NO4/c1-4-25-18-11-15-9-10-22(13-16(15)12-19(18)26-5-2)21(24)17-8-6-7-14(3)20(17)23/h6-8,11-12,23H,4-5,9-10,13H2,1-3H3. The Kier molecular flexibility index (Phi) is 5.35. The SMILES string of the molecule is CCOc1cc2c(cc1OCC)CN(C(=O)c1cccc(C)c1O)CC2. The monoisotopic (exact) mass is 355 g/mol. The van der Waals surface area contributed by atoms with E-state index in [2.05, 4.69) is 0 Å². The molecule has 1 amide bonds. The van der Waals surface area contributed by atoms with Gasteiger partial charge in [0, 0.05) is 13.1 Å². The van der Waals surface area contributed by atoms with E-state index in [-0.39, 0.29) is 11.7 Å². The largest absolute Gasteiger partial charge is 0.507 e. The predicted molar refractivity (Wildman–Crippen MR) is 100 cm³/mol. The number of nitrogens with zero attached hydrogens (tertiary/aromatic N) is 1. The first-order chi connectivity index (χ1) is 12.5. The van der Waals surface area contributed by atoms with Crippen molar-refractivity contribution in [3.63, 3.8) is 0 Å². The van der Waals surface area contributed by atoms with Crippen LogP contribution in [0.1, 0.15) is 40.9 Å². The van der Waals surface area contributed by atoms with E-state index >= 15 is 0 Å². The minimum atomic E-state index is -0.149. The van der Waals surface area contributed by atoms with Crippen molar-refractivity contribution in [1.29, 1.82) is 0 Å². The third-order valence-corrected chi connectivity index (χ3v) is 4.63. The van der Waals surface area contributed by atoms with Gasteiger partial charge in [0.15, 0.2) is 11.5 Å². The number of phenolic OH excluding ortho intramolecular Hbond substituents is 1. The summed E-state index contributed by atoms with van der Waals surface area (Å²) in [5, 5.41) is 10.2. The normalized spacial score (nSPS) is 13.3. The van der Waals surface area contributed by atoms with Crippen LogP contribution >= 0.6 is 0 Å². The van der Waals surface area contributed by atoms with Gasteiger partial charge in [0.25, 0.3) is 5.91 Å².